The largest absolute Gasteiger partial charge is 0.394 e. The lowest BCUT2D eigenvalue weighted by Crippen LogP contribution is -2.33. The highest BCUT2D eigenvalue weighted by atomic mass is 16.3. The second-order valence-electron chi connectivity index (χ2n) is 5.08. The van der Waals surface area contributed by atoms with Crippen LogP contribution in [0.25, 0.3) is 0 Å². The number of hydrogen-bond acceptors (Lipinski definition) is 2. The van der Waals surface area contributed by atoms with Crippen molar-refractivity contribution in [2.24, 2.45) is 0 Å². The van der Waals surface area contributed by atoms with Gasteiger partial charge in [0, 0.05) is 5.56 Å². The van der Waals surface area contributed by atoms with E-state index in [-0.39, 0.29) is 24.6 Å². The maximum Gasteiger partial charge on any atom is 0.255 e. The van der Waals surface area contributed by atoms with Crippen LogP contribution in [0, 0.1) is 0 Å². The first-order chi connectivity index (χ1) is 9.74. The molecule has 3 rings (SSSR count). The van der Waals surface area contributed by atoms with Gasteiger partial charge in [0.2, 0.25) is 0 Å². The lowest BCUT2D eigenvalue weighted by Gasteiger charge is -2.31. The fraction of sp³-hybridized carbons (Fsp3) is 0.235. The number of carbonyl (C=O) groups excluding carboxylic acids is 1. The van der Waals surface area contributed by atoms with Crippen molar-refractivity contribution in [3.05, 3.63) is 71.3 Å². The van der Waals surface area contributed by atoms with E-state index in [2.05, 4.69) is 0 Å². The summed E-state index contributed by atoms with van der Waals surface area (Å²) in [4.78, 5) is 14.4. The second-order valence-corrected chi connectivity index (χ2v) is 5.08. The summed E-state index contributed by atoms with van der Waals surface area (Å²) < 4.78 is 0. The lowest BCUT2D eigenvalue weighted by atomic mass is 10.0. The van der Waals surface area contributed by atoms with Crippen molar-refractivity contribution in [3.63, 3.8) is 0 Å². The molecule has 102 valence electrons. The summed E-state index contributed by atoms with van der Waals surface area (Å²) >= 11 is 0. The van der Waals surface area contributed by atoms with Crippen LogP contribution in [0.15, 0.2) is 54.6 Å². The van der Waals surface area contributed by atoms with Crippen LogP contribution in [-0.2, 0) is 0 Å². The molecule has 1 N–H and O–H groups in total. The molecule has 20 heavy (non-hydrogen) atoms. The third kappa shape index (κ3) is 1.91. The van der Waals surface area contributed by atoms with Gasteiger partial charge >= 0.3 is 0 Å². The van der Waals surface area contributed by atoms with Crippen molar-refractivity contribution >= 4 is 5.91 Å². The zero-order valence-corrected chi connectivity index (χ0v) is 11.4. The molecule has 3 nitrogen and oxygen atoms in total. The van der Waals surface area contributed by atoms with Crippen LogP contribution in [0.1, 0.15) is 40.5 Å². The summed E-state index contributed by atoms with van der Waals surface area (Å²) in [6.45, 7) is 1.93. The quantitative estimate of drug-likeness (QED) is 0.928. The van der Waals surface area contributed by atoms with Gasteiger partial charge in [-0.05, 0) is 24.1 Å². The van der Waals surface area contributed by atoms with Gasteiger partial charge in [-0.15, -0.1) is 0 Å². The van der Waals surface area contributed by atoms with Gasteiger partial charge in [-0.1, -0.05) is 48.5 Å². The minimum Gasteiger partial charge on any atom is -0.394 e. The maximum absolute atomic E-state index is 12.6. The van der Waals surface area contributed by atoms with E-state index in [1.54, 1.807) is 4.90 Å². The summed E-state index contributed by atoms with van der Waals surface area (Å²) in [7, 11) is 0. The van der Waals surface area contributed by atoms with Crippen molar-refractivity contribution in [1.29, 1.82) is 0 Å². The first kappa shape index (κ1) is 12.9. The first-order valence-corrected chi connectivity index (χ1v) is 6.81. The van der Waals surface area contributed by atoms with Crippen molar-refractivity contribution in [3.8, 4) is 0 Å². The summed E-state index contributed by atoms with van der Waals surface area (Å²) in [6, 6.07) is 17.0. The Labute approximate surface area is 118 Å². The Morgan fingerprint density at radius 1 is 1.10 bits per heavy atom. The highest BCUT2D eigenvalue weighted by Gasteiger charge is 2.38. The zero-order chi connectivity index (χ0) is 14.1. The van der Waals surface area contributed by atoms with Crippen LogP contribution in [-0.4, -0.2) is 22.5 Å². The fourth-order valence-corrected chi connectivity index (χ4v) is 2.96. The van der Waals surface area contributed by atoms with Crippen molar-refractivity contribution in [1.82, 2.24) is 4.90 Å². The molecule has 2 atom stereocenters. The van der Waals surface area contributed by atoms with Crippen molar-refractivity contribution in [2.75, 3.05) is 6.61 Å². The maximum atomic E-state index is 12.6. The van der Waals surface area contributed by atoms with E-state index in [4.69, 9.17) is 0 Å². The molecule has 1 aliphatic heterocycles. The molecule has 1 heterocycles. The second kappa shape index (κ2) is 5.10. The van der Waals surface area contributed by atoms with Gasteiger partial charge in [0.1, 0.15) is 0 Å². The van der Waals surface area contributed by atoms with Crippen LogP contribution in [0.5, 0.6) is 0 Å². The SMILES string of the molecule is C[C@@H]1c2ccccc2C(=O)N1[C@H](CO)c1ccccc1. The predicted octanol–water partition coefficient (Wildman–Crippen LogP) is 2.94. The van der Waals surface area contributed by atoms with Gasteiger partial charge in [-0.3, -0.25) is 4.79 Å². The molecule has 2 aromatic carbocycles. The monoisotopic (exact) mass is 267 g/mol. The average molecular weight is 267 g/mol. The Balaban J connectivity index is 2.01. The smallest absolute Gasteiger partial charge is 0.255 e. The average Bonchev–Trinajstić information content (AvgIpc) is 2.75. The third-order valence-corrected chi connectivity index (χ3v) is 3.99. The van der Waals surface area contributed by atoms with Gasteiger partial charge < -0.3 is 10.0 Å². The minimum atomic E-state index is -0.300. The van der Waals surface area contributed by atoms with Crippen LogP contribution >= 0.6 is 0 Å². The summed E-state index contributed by atoms with van der Waals surface area (Å²) in [6.07, 6.45) is 0. The van der Waals surface area contributed by atoms with Crippen LogP contribution in [0.4, 0.5) is 0 Å². The molecule has 0 radical (unpaired) electrons. The van der Waals surface area contributed by atoms with Crippen molar-refractivity contribution in [2.45, 2.75) is 19.0 Å². The van der Waals surface area contributed by atoms with Crippen LogP contribution in [0.2, 0.25) is 0 Å². The minimum absolute atomic E-state index is 0.00370. The number of hydrogen-bond donors (Lipinski definition) is 1. The molecule has 0 saturated heterocycles. The van der Waals surface area contributed by atoms with E-state index in [1.807, 2.05) is 61.5 Å². The molecule has 0 bridgehead atoms. The van der Waals surface area contributed by atoms with E-state index in [1.165, 1.54) is 0 Å². The molecule has 0 saturated carbocycles. The lowest BCUT2D eigenvalue weighted by molar-refractivity contribution is 0.0540. The van der Waals surface area contributed by atoms with Crippen LogP contribution < -0.4 is 0 Å². The number of amides is 1. The van der Waals surface area contributed by atoms with E-state index in [9.17, 15) is 9.90 Å². The van der Waals surface area contributed by atoms with Crippen LogP contribution in [0.3, 0.4) is 0 Å². The molecular weight excluding hydrogens is 250 g/mol. The summed E-state index contributed by atoms with van der Waals surface area (Å²) in [5, 5.41) is 9.76. The van der Waals surface area contributed by atoms with E-state index < -0.39 is 0 Å². The Hall–Kier alpha value is -2.13. The predicted molar refractivity (Wildman–Crippen MR) is 77.3 cm³/mol. The summed E-state index contributed by atoms with van der Waals surface area (Å²) in [5.41, 5.74) is 2.74. The number of aliphatic hydroxyl groups is 1. The molecule has 1 amide bonds. The standard InChI is InChI=1S/C17H17NO2/c1-12-14-9-5-6-10-15(14)17(20)18(12)16(11-19)13-7-3-2-4-8-13/h2-10,12,16,19H,11H2,1H3/t12-,16-/m1/s1. The molecule has 0 fully saturated rings. The number of aliphatic hydroxyl groups excluding tert-OH is 1. The molecule has 0 spiro atoms. The normalized spacial score (nSPS) is 19.0. The number of fused-ring (bicyclic) bond motifs is 1. The molecule has 2 aromatic rings. The van der Waals surface area contributed by atoms with E-state index >= 15 is 0 Å². The van der Waals surface area contributed by atoms with Gasteiger partial charge in [-0.25, -0.2) is 0 Å². The topological polar surface area (TPSA) is 40.5 Å². The Morgan fingerprint density at radius 3 is 2.40 bits per heavy atom. The van der Waals surface area contributed by atoms with Gasteiger partial charge in [0.05, 0.1) is 18.7 Å². The number of carbonyl (C=O) groups is 1. The number of rotatable bonds is 3. The summed E-state index contributed by atoms with van der Waals surface area (Å²) in [5.74, 6) is -0.00370. The molecular formula is C17H17NO2. The highest BCUT2D eigenvalue weighted by Crippen LogP contribution is 2.39. The Morgan fingerprint density at radius 2 is 1.75 bits per heavy atom. The number of benzene rings is 2. The third-order valence-electron chi connectivity index (χ3n) is 3.99. The molecule has 1 aliphatic rings. The van der Waals surface area contributed by atoms with E-state index in [0.29, 0.717) is 0 Å². The number of nitrogens with zero attached hydrogens (tertiary/aromatic N) is 1. The first-order valence-electron chi connectivity index (χ1n) is 6.81. The zero-order valence-electron chi connectivity index (χ0n) is 11.4. The molecule has 3 heteroatoms. The van der Waals surface area contributed by atoms with Gasteiger partial charge in [0.15, 0.2) is 0 Å². The van der Waals surface area contributed by atoms with Gasteiger partial charge in [-0.2, -0.15) is 0 Å². The fourth-order valence-electron chi connectivity index (χ4n) is 2.96. The molecule has 0 unspecified atom stereocenters. The Kier molecular flexibility index (Phi) is 3.28. The van der Waals surface area contributed by atoms with Gasteiger partial charge in [0.25, 0.3) is 5.91 Å². The molecule has 0 aromatic heterocycles. The molecule has 0 aliphatic carbocycles. The highest BCUT2D eigenvalue weighted by molar-refractivity contribution is 5.99. The van der Waals surface area contributed by atoms with Crippen molar-refractivity contribution < 1.29 is 9.90 Å². The van der Waals surface area contributed by atoms with E-state index in [0.717, 1.165) is 16.7 Å². The Bertz CT molecular complexity index is 624.